The summed E-state index contributed by atoms with van der Waals surface area (Å²) in [5, 5.41) is 0. The molecule has 0 amide bonds. The molecule has 0 aliphatic carbocycles. The summed E-state index contributed by atoms with van der Waals surface area (Å²) >= 11 is 0. The van der Waals surface area contributed by atoms with E-state index in [9.17, 15) is 0 Å². The second-order valence-electron chi connectivity index (χ2n) is 15.8. The summed E-state index contributed by atoms with van der Waals surface area (Å²) in [4.78, 5) is 10.8. The average Bonchev–Trinajstić information content (AvgIpc) is 3.30. The van der Waals surface area contributed by atoms with Crippen molar-refractivity contribution in [2.75, 3.05) is 0 Å². The zero-order valence-corrected chi connectivity index (χ0v) is 36.1. The Hall–Kier alpha value is -7.16. The van der Waals surface area contributed by atoms with Crippen LogP contribution in [0.2, 0.25) is 0 Å². The molecule has 298 valence electrons. The van der Waals surface area contributed by atoms with Gasteiger partial charge in [0.15, 0.2) is 5.82 Å². The normalized spacial score (nSPS) is 12.1. The van der Waals surface area contributed by atoms with Crippen LogP contribution in [-0.2, 0) is 6.42 Å². The molecule has 0 aliphatic heterocycles. The Balaban J connectivity index is 1.32. The largest absolute Gasteiger partial charge is 0.228 e. The lowest BCUT2D eigenvalue weighted by Gasteiger charge is -2.18. The maximum atomic E-state index is 5.44. The third-order valence-corrected chi connectivity index (χ3v) is 11.8. The molecule has 61 heavy (non-hydrogen) atoms. The molecule has 1 heterocycles. The van der Waals surface area contributed by atoms with Crippen LogP contribution in [-0.4, -0.2) is 9.97 Å². The summed E-state index contributed by atoms with van der Waals surface area (Å²) in [6, 6.07) is 62.9. The molecule has 1 aromatic heterocycles. The highest BCUT2D eigenvalue weighted by Gasteiger charge is 2.19. The van der Waals surface area contributed by atoms with Crippen LogP contribution in [0.5, 0.6) is 0 Å². The van der Waals surface area contributed by atoms with Crippen molar-refractivity contribution in [3.05, 3.63) is 244 Å². The van der Waals surface area contributed by atoms with Gasteiger partial charge in [0.1, 0.15) is 0 Å². The molecule has 0 saturated heterocycles. The van der Waals surface area contributed by atoms with E-state index in [0.29, 0.717) is 5.82 Å². The second kappa shape index (κ2) is 18.4. The van der Waals surface area contributed by atoms with Crippen molar-refractivity contribution < 1.29 is 0 Å². The van der Waals surface area contributed by atoms with E-state index in [1.165, 1.54) is 44.5 Å². The fraction of sp³-hybridized carbons (Fsp3) is 0.119. The maximum absolute atomic E-state index is 5.44. The topological polar surface area (TPSA) is 25.8 Å². The lowest BCUT2D eigenvalue weighted by molar-refractivity contribution is 1.14. The molecule has 8 aromatic rings. The summed E-state index contributed by atoms with van der Waals surface area (Å²) in [6.45, 7) is 13.0. The Morgan fingerprint density at radius 3 is 1.74 bits per heavy atom. The maximum Gasteiger partial charge on any atom is 0.160 e. The summed E-state index contributed by atoms with van der Waals surface area (Å²) < 4.78 is 0. The molecule has 0 saturated carbocycles. The number of nitrogens with zero attached hydrogens (tertiary/aromatic N) is 2. The van der Waals surface area contributed by atoms with Gasteiger partial charge < -0.3 is 0 Å². The molecule has 0 N–H and O–H groups in total. The predicted molar refractivity (Wildman–Crippen MR) is 260 cm³/mol. The van der Waals surface area contributed by atoms with Crippen LogP contribution in [0.15, 0.2) is 194 Å². The van der Waals surface area contributed by atoms with Crippen LogP contribution in [0.4, 0.5) is 0 Å². The molecule has 7 aromatic carbocycles. The summed E-state index contributed by atoms with van der Waals surface area (Å²) in [7, 11) is 0. The van der Waals surface area contributed by atoms with Crippen LogP contribution in [0.1, 0.15) is 63.9 Å². The van der Waals surface area contributed by atoms with Crippen LogP contribution >= 0.6 is 0 Å². The van der Waals surface area contributed by atoms with Crippen molar-refractivity contribution in [1.82, 2.24) is 9.97 Å². The van der Waals surface area contributed by atoms with Gasteiger partial charge in [0.25, 0.3) is 0 Å². The predicted octanol–water partition coefficient (Wildman–Crippen LogP) is 15.6. The van der Waals surface area contributed by atoms with Gasteiger partial charge in [-0.3, -0.25) is 0 Å². The number of aryl methyl sites for hydroxylation is 3. The fourth-order valence-electron chi connectivity index (χ4n) is 8.30. The molecule has 2 nitrogen and oxygen atoms in total. The van der Waals surface area contributed by atoms with Crippen molar-refractivity contribution in [1.29, 1.82) is 0 Å². The molecule has 0 bridgehead atoms. The molecule has 0 atom stereocenters. The highest BCUT2D eigenvalue weighted by Crippen LogP contribution is 2.38. The second-order valence-corrected chi connectivity index (χ2v) is 15.8. The molecular weight excluding hydrogens is 737 g/mol. The van der Waals surface area contributed by atoms with E-state index in [-0.39, 0.29) is 0 Å². The van der Waals surface area contributed by atoms with E-state index in [4.69, 9.17) is 9.97 Å². The quantitative estimate of drug-likeness (QED) is 0.0964. The monoisotopic (exact) mass is 788 g/mol. The number of benzene rings is 7. The minimum Gasteiger partial charge on any atom is -0.228 e. The molecule has 0 radical (unpaired) electrons. The first-order chi connectivity index (χ1) is 29.8. The Labute approximate surface area is 362 Å². The van der Waals surface area contributed by atoms with Crippen molar-refractivity contribution in [2.24, 2.45) is 0 Å². The van der Waals surface area contributed by atoms with Gasteiger partial charge in [0, 0.05) is 22.3 Å². The lowest BCUT2D eigenvalue weighted by atomic mass is 9.88. The van der Waals surface area contributed by atoms with Crippen molar-refractivity contribution in [3.8, 4) is 45.0 Å². The zero-order valence-electron chi connectivity index (χ0n) is 36.1. The molecular formula is C59H52N2. The van der Waals surface area contributed by atoms with Crippen molar-refractivity contribution in [3.63, 3.8) is 0 Å². The van der Waals surface area contributed by atoms with Crippen LogP contribution in [0, 0.1) is 27.7 Å². The first kappa shape index (κ1) is 40.6. The Bertz CT molecular complexity index is 2910. The number of aromatic nitrogens is 2. The van der Waals surface area contributed by atoms with Gasteiger partial charge in [-0.2, -0.15) is 0 Å². The van der Waals surface area contributed by atoms with Gasteiger partial charge in [-0.15, -0.1) is 0 Å². The smallest absolute Gasteiger partial charge is 0.160 e. The number of allylic oxidation sites excluding steroid dienone is 4. The first-order valence-electron chi connectivity index (χ1n) is 21.3. The number of hydrogen-bond donors (Lipinski definition) is 0. The van der Waals surface area contributed by atoms with Crippen molar-refractivity contribution >= 4 is 17.2 Å². The molecule has 8 rings (SSSR count). The van der Waals surface area contributed by atoms with E-state index in [0.717, 1.165) is 67.9 Å². The van der Waals surface area contributed by atoms with E-state index >= 15 is 0 Å². The van der Waals surface area contributed by atoms with Crippen LogP contribution < -0.4 is 0 Å². The standard InChI is InChI=1S/C59H52N2/c1-7-44(35-49-28-18-15-21-40(49)3)54(8-2)47-33-31-45(32-34-47)51-36-52(56(46-24-11-9-12-25-46)39-50-29-19-16-22-41(50)4)38-53(37-51)59-60-57(48-26-13-10-14-27-48)43(6)58(61-59)55-30-20-17-23-42(55)5/h7-34,36-39H,35H2,1-6H3/b44-7-,54-8+,56-39+. The molecule has 2 heteroatoms. The average molecular weight is 789 g/mol. The lowest BCUT2D eigenvalue weighted by Crippen LogP contribution is -2.02. The van der Waals surface area contributed by atoms with E-state index in [1.807, 2.05) is 0 Å². The SMILES string of the molecule is C/C=C(Cc1ccccc1C)\C(=C/C)c1ccc(-c2cc(/C(=C/c3ccccc3C)c3ccccc3)cc(-c3nc(-c4ccccc4)c(C)c(-c4ccccc4C)n3)c2)cc1. The van der Waals surface area contributed by atoms with Gasteiger partial charge >= 0.3 is 0 Å². The third-order valence-electron chi connectivity index (χ3n) is 11.8. The number of rotatable bonds is 11. The minimum absolute atomic E-state index is 0.691. The minimum atomic E-state index is 0.691. The Morgan fingerprint density at radius 2 is 1.07 bits per heavy atom. The van der Waals surface area contributed by atoms with Gasteiger partial charge in [0.2, 0.25) is 0 Å². The van der Waals surface area contributed by atoms with Gasteiger partial charge in [-0.1, -0.05) is 170 Å². The number of hydrogen-bond acceptors (Lipinski definition) is 2. The first-order valence-corrected chi connectivity index (χ1v) is 21.3. The van der Waals surface area contributed by atoms with Crippen LogP contribution in [0.3, 0.4) is 0 Å². The van der Waals surface area contributed by atoms with Gasteiger partial charge in [-0.25, -0.2) is 9.97 Å². The van der Waals surface area contributed by atoms with Gasteiger partial charge in [0.05, 0.1) is 11.4 Å². The molecule has 0 spiro atoms. The van der Waals surface area contributed by atoms with E-state index in [2.05, 4.69) is 236 Å². The highest BCUT2D eigenvalue weighted by atomic mass is 14.9. The summed E-state index contributed by atoms with van der Waals surface area (Å²) in [5.41, 5.74) is 21.7. The van der Waals surface area contributed by atoms with E-state index < -0.39 is 0 Å². The summed E-state index contributed by atoms with van der Waals surface area (Å²) in [6.07, 6.45) is 7.71. The zero-order chi connectivity index (χ0) is 42.3. The highest BCUT2D eigenvalue weighted by molar-refractivity contribution is 5.94. The Morgan fingerprint density at radius 1 is 0.459 bits per heavy atom. The van der Waals surface area contributed by atoms with Crippen molar-refractivity contribution in [2.45, 2.75) is 48.0 Å². The molecule has 0 aliphatic rings. The fourth-order valence-corrected chi connectivity index (χ4v) is 8.30. The van der Waals surface area contributed by atoms with Gasteiger partial charge in [-0.05, 0) is 145 Å². The van der Waals surface area contributed by atoms with Crippen LogP contribution in [0.25, 0.3) is 62.3 Å². The molecule has 0 unspecified atom stereocenters. The molecule has 0 fully saturated rings. The summed E-state index contributed by atoms with van der Waals surface area (Å²) in [5.74, 6) is 0.691. The van der Waals surface area contributed by atoms with E-state index in [1.54, 1.807) is 0 Å². The third kappa shape index (κ3) is 8.91. The Kier molecular flexibility index (Phi) is 12.3.